The molecule has 3 N–H and O–H groups in total. The van der Waals surface area contributed by atoms with Crippen LogP contribution in [0, 0.1) is 0 Å². The molecule has 0 fully saturated rings. The first-order valence-corrected chi connectivity index (χ1v) is 6.38. The Morgan fingerprint density at radius 2 is 2.21 bits per heavy atom. The molecule has 0 spiro atoms. The van der Waals surface area contributed by atoms with Crippen LogP contribution in [0.3, 0.4) is 0 Å². The average Bonchev–Trinajstić information content (AvgIpc) is 2.83. The standard InChI is InChI=1S/C14H20N4O/c1-14(2,3)11-4-5-12(19)10(8-11)9-17-18-13-15-6-7-16-13/h4-5,8-9,19H,6-7H2,1-3H3,(H2,15,16,18). The van der Waals surface area contributed by atoms with Crippen LogP contribution in [0.25, 0.3) is 0 Å². The zero-order valence-corrected chi connectivity index (χ0v) is 11.6. The van der Waals surface area contributed by atoms with Gasteiger partial charge in [-0.3, -0.25) is 0 Å². The van der Waals surface area contributed by atoms with Crippen LogP contribution < -0.4 is 10.7 Å². The van der Waals surface area contributed by atoms with Gasteiger partial charge in [0.2, 0.25) is 5.96 Å². The van der Waals surface area contributed by atoms with Gasteiger partial charge in [-0.05, 0) is 23.1 Å². The molecular formula is C14H20N4O. The third kappa shape index (κ3) is 3.47. The Bertz CT molecular complexity index is 515. The van der Waals surface area contributed by atoms with Gasteiger partial charge in [0, 0.05) is 12.1 Å². The molecule has 1 aliphatic heterocycles. The van der Waals surface area contributed by atoms with Crippen LogP contribution in [0.1, 0.15) is 31.9 Å². The highest BCUT2D eigenvalue weighted by Crippen LogP contribution is 2.26. The smallest absolute Gasteiger partial charge is 0.212 e. The monoisotopic (exact) mass is 260 g/mol. The third-order valence-corrected chi connectivity index (χ3v) is 2.94. The lowest BCUT2D eigenvalue weighted by Gasteiger charge is -2.19. The maximum absolute atomic E-state index is 9.83. The van der Waals surface area contributed by atoms with E-state index < -0.39 is 0 Å². The van der Waals surface area contributed by atoms with E-state index in [-0.39, 0.29) is 11.2 Å². The summed E-state index contributed by atoms with van der Waals surface area (Å²) in [6, 6.07) is 5.58. The van der Waals surface area contributed by atoms with Crippen LogP contribution in [0.2, 0.25) is 0 Å². The molecule has 0 amide bonds. The van der Waals surface area contributed by atoms with Crippen LogP contribution in [-0.4, -0.2) is 30.4 Å². The van der Waals surface area contributed by atoms with E-state index in [9.17, 15) is 5.11 Å². The summed E-state index contributed by atoms with van der Waals surface area (Å²) in [6.07, 6.45) is 1.60. The third-order valence-electron chi connectivity index (χ3n) is 2.94. The molecule has 1 aliphatic rings. The molecule has 0 radical (unpaired) electrons. The molecule has 0 bridgehead atoms. The van der Waals surface area contributed by atoms with E-state index in [1.807, 2.05) is 12.1 Å². The Kier molecular flexibility index (Phi) is 3.74. The van der Waals surface area contributed by atoms with Crippen molar-refractivity contribution in [2.75, 3.05) is 13.1 Å². The van der Waals surface area contributed by atoms with Gasteiger partial charge in [0.1, 0.15) is 5.75 Å². The van der Waals surface area contributed by atoms with Gasteiger partial charge in [-0.25, -0.2) is 10.4 Å². The normalized spacial score (nSPS) is 15.4. The summed E-state index contributed by atoms with van der Waals surface area (Å²) in [5.74, 6) is 0.891. The summed E-state index contributed by atoms with van der Waals surface area (Å²) in [4.78, 5) is 4.16. The van der Waals surface area contributed by atoms with Gasteiger partial charge < -0.3 is 10.4 Å². The second kappa shape index (κ2) is 5.30. The van der Waals surface area contributed by atoms with Gasteiger partial charge in [0.05, 0.1) is 12.8 Å². The first-order chi connectivity index (χ1) is 8.97. The summed E-state index contributed by atoms with van der Waals surface area (Å²) >= 11 is 0. The molecule has 0 saturated heterocycles. The average molecular weight is 260 g/mol. The number of hydrogen-bond acceptors (Lipinski definition) is 5. The second-order valence-corrected chi connectivity index (χ2v) is 5.55. The maximum Gasteiger partial charge on any atom is 0.212 e. The predicted octanol–water partition coefficient (Wildman–Crippen LogP) is 1.57. The van der Waals surface area contributed by atoms with Gasteiger partial charge in [-0.1, -0.05) is 26.8 Å². The molecule has 5 heteroatoms. The van der Waals surface area contributed by atoms with Crippen molar-refractivity contribution < 1.29 is 5.11 Å². The lowest BCUT2D eigenvalue weighted by atomic mass is 9.86. The SMILES string of the molecule is CC(C)(C)c1ccc(O)c(C=NNC2=NCCN2)c1. The Hall–Kier alpha value is -2.04. The summed E-state index contributed by atoms with van der Waals surface area (Å²) in [7, 11) is 0. The Labute approximate surface area is 113 Å². The zero-order valence-electron chi connectivity index (χ0n) is 11.6. The van der Waals surface area contributed by atoms with E-state index in [4.69, 9.17) is 0 Å². The fourth-order valence-corrected chi connectivity index (χ4v) is 1.76. The molecule has 0 saturated carbocycles. The van der Waals surface area contributed by atoms with Crippen LogP contribution in [0.4, 0.5) is 0 Å². The number of nitrogens with one attached hydrogen (secondary N) is 2. The molecule has 1 heterocycles. The highest BCUT2D eigenvalue weighted by Gasteiger charge is 2.14. The van der Waals surface area contributed by atoms with Crippen molar-refractivity contribution in [1.82, 2.24) is 10.7 Å². The van der Waals surface area contributed by atoms with Gasteiger partial charge in [0.25, 0.3) is 0 Å². The lowest BCUT2D eigenvalue weighted by Crippen LogP contribution is -2.30. The van der Waals surface area contributed by atoms with Crippen molar-refractivity contribution in [2.24, 2.45) is 10.1 Å². The first-order valence-electron chi connectivity index (χ1n) is 6.38. The number of benzene rings is 1. The molecule has 0 atom stereocenters. The highest BCUT2D eigenvalue weighted by molar-refractivity contribution is 5.86. The van der Waals surface area contributed by atoms with Crippen molar-refractivity contribution in [3.05, 3.63) is 29.3 Å². The lowest BCUT2D eigenvalue weighted by molar-refractivity contribution is 0.473. The quantitative estimate of drug-likeness (QED) is 0.558. The summed E-state index contributed by atoms with van der Waals surface area (Å²) < 4.78 is 0. The molecule has 5 nitrogen and oxygen atoms in total. The molecule has 1 aromatic carbocycles. The van der Waals surface area contributed by atoms with E-state index in [1.54, 1.807) is 12.3 Å². The van der Waals surface area contributed by atoms with Gasteiger partial charge in [0.15, 0.2) is 0 Å². The maximum atomic E-state index is 9.83. The summed E-state index contributed by atoms with van der Waals surface area (Å²) in [5.41, 5.74) is 4.70. The number of phenolic OH excluding ortho intramolecular Hbond substituents is 1. The largest absolute Gasteiger partial charge is 0.507 e. The molecule has 19 heavy (non-hydrogen) atoms. The number of hydrazone groups is 1. The second-order valence-electron chi connectivity index (χ2n) is 5.55. The van der Waals surface area contributed by atoms with Gasteiger partial charge in [-0.2, -0.15) is 5.10 Å². The highest BCUT2D eigenvalue weighted by atomic mass is 16.3. The van der Waals surface area contributed by atoms with Crippen molar-refractivity contribution >= 4 is 12.2 Å². The van der Waals surface area contributed by atoms with Gasteiger partial charge in [-0.15, -0.1) is 0 Å². The van der Waals surface area contributed by atoms with Crippen LogP contribution in [-0.2, 0) is 5.41 Å². The van der Waals surface area contributed by atoms with Crippen LogP contribution >= 0.6 is 0 Å². The molecule has 0 unspecified atom stereocenters. The van der Waals surface area contributed by atoms with Crippen LogP contribution in [0.15, 0.2) is 28.3 Å². The number of phenols is 1. The summed E-state index contributed by atoms with van der Waals surface area (Å²) in [6.45, 7) is 8.01. The first kappa shape index (κ1) is 13.4. The molecule has 102 valence electrons. The summed E-state index contributed by atoms with van der Waals surface area (Å²) in [5, 5.41) is 17.0. The number of rotatable bonds is 2. The molecule has 0 aliphatic carbocycles. The minimum atomic E-state index is 0.0425. The Morgan fingerprint density at radius 1 is 1.42 bits per heavy atom. The number of hydrogen-bond donors (Lipinski definition) is 3. The molecular weight excluding hydrogens is 240 g/mol. The molecule has 1 aromatic rings. The topological polar surface area (TPSA) is 69.0 Å². The van der Waals surface area contributed by atoms with E-state index in [0.29, 0.717) is 11.5 Å². The fraction of sp³-hybridized carbons (Fsp3) is 0.429. The van der Waals surface area contributed by atoms with Crippen molar-refractivity contribution in [3.63, 3.8) is 0 Å². The minimum absolute atomic E-state index is 0.0425. The van der Waals surface area contributed by atoms with Crippen molar-refractivity contribution in [3.8, 4) is 5.75 Å². The number of nitrogens with zero attached hydrogens (tertiary/aromatic N) is 2. The van der Waals surface area contributed by atoms with Crippen LogP contribution in [0.5, 0.6) is 5.75 Å². The molecule has 2 rings (SSSR count). The minimum Gasteiger partial charge on any atom is -0.507 e. The molecule has 0 aromatic heterocycles. The van der Waals surface area contributed by atoms with E-state index in [2.05, 4.69) is 41.6 Å². The van der Waals surface area contributed by atoms with Crippen molar-refractivity contribution in [1.29, 1.82) is 0 Å². The number of aromatic hydroxyl groups is 1. The Balaban J connectivity index is 2.12. The Morgan fingerprint density at radius 3 is 2.84 bits per heavy atom. The van der Waals surface area contributed by atoms with E-state index in [1.165, 1.54) is 0 Å². The number of guanidine groups is 1. The number of aliphatic imine (C=N–C) groups is 1. The fourth-order valence-electron chi connectivity index (χ4n) is 1.76. The predicted molar refractivity (Wildman–Crippen MR) is 77.8 cm³/mol. The van der Waals surface area contributed by atoms with Gasteiger partial charge >= 0.3 is 0 Å². The zero-order chi connectivity index (χ0) is 13.9. The van der Waals surface area contributed by atoms with E-state index >= 15 is 0 Å². The van der Waals surface area contributed by atoms with E-state index in [0.717, 1.165) is 18.7 Å². The van der Waals surface area contributed by atoms with Crippen molar-refractivity contribution in [2.45, 2.75) is 26.2 Å².